The van der Waals surface area contributed by atoms with Crippen LogP contribution in [0.15, 0.2) is 23.3 Å². The highest BCUT2D eigenvalue weighted by atomic mass is 16.6. The maximum Gasteiger partial charge on any atom is 0.336 e. The highest BCUT2D eigenvalue weighted by molar-refractivity contribution is 5.97. The minimum atomic E-state index is -0.373. The van der Waals surface area contributed by atoms with Gasteiger partial charge in [-0.25, -0.2) is 4.79 Å². The second-order valence-corrected chi connectivity index (χ2v) is 12.4. The number of cyclic esters (lactones) is 1. The van der Waals surface area contributed by atoms with Crippen LogP contribution in [0.1, 0.15) is 72.6 Å². The number of hydrogen-bond donors (Lipinski definition) is 1. The van der Waals surface area contributed by atoms with Gasteiger partial charge in [0.2, 0.25) is 0 Å². The average Bonchev–Trinajstić information content (AvgIpc) is 3.36. The van der Waals surface area contributed by atoms with Crippen LogP contribution in [0.2, 0.25) is 0 Å². The molecule has 2 unspecified atom stereocenters. The lowest BCUT2D eigenvalue weighted by atomic mass is 9.44. The van der Waals surface area contributed by atoms with E-state index in [9.17, 15) is 14.7 Å². The number of ketones is 1. The largest absolute Gasteiger partial charge is 0.458 e. The Morgan fingerprint density at radius 1 is 1.18 bits per heavy atom. The molecule has 0 radical (unpaired) electrons. The van der Waals surface area contributed by atoms with E-state index in [1.54, 1.807) is 0 Å². The topological polar surface area (TPSA) is 76.1 Å². The van der Waals surface area contributed by atoms with Gasteiger partial charge in [0.15, 0.2) is 5.78 Å². The molecule has 6 rings (SSSR count). The Morgan fingerprint density at radius 3 is 2.70 bits per heavy atom. The lowest BCUT2D eigenvalue weighted by Crippen LogP contribution is -2.60. The van der Waals surface area contributed by atoms with Gasteiger partial charge >= 0.3 is 5.97 Å². The molecule has 33 heavy (non-hydrogen) atoms. The van der Waals surface area contributed by atoms with Crippen LogP contribution in [-0.4, -0.2) is 41.3 Å². The molecule has 0 bridgehead atoms. The van der Waals surface area contributed by atoms with Gasteiger partial charge in [0, 0.05) is 6.42 Å². The van der Waals surface area contributed by atoms with E-state index in [1.807, 2.05) is 19.1 Å². The predicted octanol–water partition coefficient (Wildman–Crippen LogP) is 4.38. The van der Waals surface area contributed by atoms with Crippen molar-refractivity contribution in [2.24, 2.45) is 40.4 Å². The molecule has 5 heteroatoms. The summed E-state index contributed by atoms with van der Waals surface area (Å²) in [7, 11) is 0. The minimum Gasteiger partial charge on any atom is -0.458 e. The Kier molecular flexibility index (Phi) is 4.70. The maximum atomic E-state index is 13.3. The summed E-state index contributed by atoms with van der Waals surface area (Å²) in [6.07, 6.45) is 11.3. The van der Waals surface area contributed by atoms with Gasteiger partial charge in [-0.05, 0) is 93.5 Å². The van der Waals surface area contributed by atoms with Crippen LogP contribution in [0.3, 0.4) is 0 Å². The smallest absolute Gasteiger partial charge is 0.336 e. The molecule has 3 saturated carbocycles. The number of carbonyl (C=O) groups excluding carboxylic acids is 2. The van der Waals surface area contributed by atoms with Crippen LogP contribution in [0.4, 0.5) is 0 Å². The van der Waals surface area contributed by atoms with Gasteiger partial charge in [-0.2, -0.15) is 0 Å². The molecule has 0 aromatic rings. The number of hydrogen-bond acceptors (Lipinski definition) is 5. The van der Waals surface area contributed by atoms with E-state index in [0.29, 0.717) is 29.2 Å². The van der Waals surface area contributed by atoms with Crippen LogP contribution < -0.4 is 0 Å². The van der Waals surface area contributed by atoms with E-state index in [0.717, 1.165) is 44.1 Å². The molecule has 0 amide bonds. The first-order valence-corrected chi connectivity index (χ1v) is 13.1. The molecular formula is C28H38O5. The van der Waals surface area contributed by atoms with E-state index in [-0.39, 0.29) is 52.9 Å². The number of ether oxygens (including phenoxy) is 2. The van der Waals surface area contributed by atoms with Crippen molar-refractivity contribution in [3.05, 3.63) is 23.3 Å². The molecule has 1 saturated heterocycles. The van der Waals surface area contributed by atoms with Gasteiger partial charge in [-0.15, -0.1) is 0 Å². The molecule has 0 aromatic heterocycles. The van der Waals surface area contributed by atoms with Gasteiger partial charge in [0.25, 0.3) is 0 Å². The lowest BCUT2D eigenvalue weighted by Gasteiger charge is -2.57. The third-order valence-electron chi connectivity index (χ3n) is 11.5. The number of esters is 1. The summed E-state index contributed by atoms with van der Waals surface area (Å²) in [6, 6.07) is 0. The summed E-state index contributed by atoms with van der Waals surface area (Å²) in [5.41, 5.74) is 1.01. The average molecular weight is 455 g/mol. The summed E-state index contributed by atoms with van der Waals surface area (Å²) in [6.45, 7) is 8.68. The van der Waals surface area contributed by atoms with Crippen molar-refractivity contribution in [3.63, 3.8) is 0 Å². The van der Waals surface area contributed by atoms with Crippen LogP contribution in [0.5, 0.6) is 0 Å². The molecule has 2 heterocycles. The molecular weight excluding hydrogens is 416 g/mol. The normalized spacial score (nSPS) is 51.3. The fourth-order valence-electron chi connectivity index (χ4n) is 9.61. The Bertz CT molecular complexity index is 965. The van der Waals surface area contributed by atoms with Crippen LogP contribution >= 0.6 is 0 Å². The molecule has 5 nitrogen and oxygen atoms in total. The second-order valence-electron chi connectivity index (χ2n) is 12.4. The van der Waals surface area contributed by atoms with E-state index >= 15 is 0 Å². The predicted molar refractivity (Wildman–Crippen MR) is 123 cm³/mol. The lowest BCUT2D eigenvalue weighted by molar-refractivity contribution is -0.153. The molecule has 10 atom stereocenters. The Hall–Kier alpha value is -1.46. The molecule has 1 spiro atoms. The number of carbonyl (C=O) groups is 2. The van der Waals surface area contributed by atoms with Crippen LogP contribution in [0, 0.1) is 40.4 Å². The Morgan fingerprint density at radius 2 is 1.97 bits per heavy atom. The first-order chi connectivity index (χ1) is 15.7. The number of aliphatic hydroxyl groups excluding tert-OH is 1. The molecule has 4 aliphatic carbocycles. The molecule has 2 aliphatic heterocycles. The quantitative estimate of drug-likeness (QED) is 0.506. The maximum absolute atomic E-state index is 13.3. The van der Waals surface area contributed by atoms with Crippen molar-refractivity contribution >= 4 is 11.8 Å². The first-order valence-electron chi connectivity index (χ1n) is 13.1. The number of rotatable bonds is 3. The van der Waals surface area contributed by atoms with Gasteiger partial charge in [-0.1, -0.05) is 25.5 Å². The first kappa shape index (κ1) is 22.0. The number of allylic oxidation sites excluding steroid dienone is 1. The van der Waals surface area contributed by atoms with Crippen molar-refractivity contribution in [2.45, 2.75) is 90.4 Å². The fourth-order valence-corrected chi connectivity index (χ4v) is 9.61. The third kappa shape index (κ3) is 2.67. The van der Waals surface area contributed by atoms with Gasteiger partial charge in [0.1, 0.15) is 11.7 Å². The standard InChI is InChI=1S/C28H38O5/c1-15-12-22(32-25(31)18(15)14-29)16(2)19-7-8-20-17-13-24-28(33-24)10-5-6-23(30)27(28,4)21(17)9-11-26(19,20)3/h5-6,16-17,19-22,24,29H,7-14H2,1-4H3/t16?,17-,19+,20-,21-,22?,24+,26+,27-,28+/m0/s1. The summed E-state index contributed by atoms with van der Waals surface area (Å²) in [4.78, 5) is 25.7. The van der Waals surface area contributed by atoms with Crippen molar-refractivity contribution in [1.82, 2.24) is 0 Å². The number of epoxide rings is 1. The fraction of sp³-hybridized carbons (Fsp3) is 0.786. The number of aliphatic hydroxyl groups is 1. The summed E-state index contributed by atoms with van der Waals surface area (Å²) >= 11 is 0. The van der Waals surface area contributed by atoms with Crippen molar-refractivity contribution < 1.29 is 24.2 Å². The van der Waals surface area contributed by atoms with Crippen LogP contribution in [0.25, 0.3) is 0 Å². The van der Waals surface area contributed by atoms with E-state index in [1.165, 1.54) is 6.42 Å². The van der Waals surface area contributed by atoms with Crippen LogP contribution in [-0.2, 0) is 19.1 Å². The number of fused-ring (bicyclic) bond motifs is 4. The second kappa shape index (κ2) is 7.04. The Labute approximate surface area is 197 Å². The zero-order valence-corrected chi connectivity index (χ0v) is 20.4. The minimum absolute atomic E-state index is 0.112. The van der Waals surface area contributed by atoms with Crippen molar-refractivity contribution in [2.75, 3.05) is 6.61 Å². The zero-order chi connectivity index (χ0) is 23.3. The third-order valence-corrected chi connectivity index (χ3v) is 11.5. The Balaban J connectivity index is 1.26. The molecule has 180 valence electrons. The SMILES string of the molecule is CC1=C(CO)C(=O)OC(C(C)[C@H]2CC[C@H]3[C@@H]4C[C@H]5O[C@]56CC=CC(=O)[C@]6(C)[C@H]4CC[C@]23C)C1. The van der Waals surface area contributed by atoms with E-state index in [4.69, 9.17) is 9.47 Å². The highest BCUT2D eigenvalue weighted by Gasteiger charge is 2.77. The van der Waals surface area contributed by atoms with Crippen molar-refractivity contribution in [3.8, 4) is 0 Å². The van der Waals surface area contributed by atoms with E-state index < -0.39 is 0 Å². The van der Waals surface area contributed by atoms with Gasteiger partial charge in [0.05, 0.1) is 23.7 Å². The zero-order valence-electron chi connectivity index (χ0n) is 20.4. The van der Waals surface area contributed by atoms with Gasteiger partial charge in [-0.3, -0.25) is 4.79 Å². The van der Waals surface area contributed by atoms with E-state index in [2.05, 4.69) is 20.8 Å². The molecule has 1 N–H and O–H groups in total. The summed E-state index contributed by atoms with van der Waals surface area (Å²) in [5, 5.41) is 9.52. The molecule has 0 aromatic carbocycles. The van der Waals surface area contributed by atoms with Crippen molar-refractivity contribution in [1.29, 1.82) is 0 Å². The van der Waals surface area contributed by atoms with Gasteiger partial charge < -0.3 is 14.6 Å². The molecule has 6 aliphatic rings. The summed E-state index contributed by atoms with van der Waals surface area (Å²) in [5.74, 6) is 2.28. The highest BCUT2D eigenvalue weighted by Crippen LogP contribution is 2.73. The molecule has 4 fully saturated rings. The monoisotopic (exact) mass is 454 g/mol. The summed E-state index contributed by atoms with van der Waals surface area (Å²) < 4.78 is 12.2.